The third-order valence-corrected chi connectivity index (χ3v) is 2.19. The third kappa shape index (κ3) is 4.70. The first-order valence-corrected chi connectivity index (χ1v) is 5.22. The minimum absolute atomic E-state index is 0.0600. The topological polar surface area (TPSA) is 47.3 Å². The summed E-state index contributed by atoms with van der Waals surface area (Å²) in [4.78, 5) is 0. The van der Waals surface area contributed by atoms with Crippen LogP contribution in [0, 0.1) is 5.82 Å². The predicted octanol–water partition coefficient (Wildman–Crippen LogP) is 2.75. The van der Waals surface area contributed by atoms with E-state index in [0.29, 0.717) is 5.69 Å². The molecule has 0 unspecified atom stereocenters. The van der Waals surface area contributed by atoms with Gasteiger partial charge in [0.25, 0.3) is 6.43 Å². The Labute approximate surface area is 102 Å². The molecule has 0 heterocycles. The van der Waals surface area contributed by atoms with Gasteiger partial charge >= 0.3 is 0 Å². The predicted molar refractivity (Wildman–Crippen MR) is 61.1 cm³/mol. The van der Waals surface area contributed by atoms with Crippen molar-refractivity contribution in [3.05, 3.63) is 23.0 Å². The van der Waals surface area contributed by atoms with Crippen LogP contribution in [-0.4, -0.2) is 26.2 Å². The van der Waals surface area contributed by atoms with E-state index in [-0.39, 0.29) is 23.9 Å². The van der Waals surface area contributed by atoms with Crippen LogP contribution in [0.5, 0.6) is 0 Å². The first-order chi connectivity index (χ1) is 8.00. The van der Waals surface area contributed by atoms with E-state index in [2.05, 4.69) is 10.1 Å². The molecule has 96 valence electrons. The number of nitrogens with one attached hydrogen (secondary N) is 1. The number of nitrogens with two attached hydrogens (primary N) is 1. The summed E-state index contributed by atoms with van der Waals surface area (Å²) in [6.07, 6.45) is -2.49. The highest BCUT2D eigenvalue weighted by Gasteiger charge is 2.06. The third-order valence-electron chi connectivity index (χ3n) is 1.90. The SMILES string of the molecule is Nc1cc(F)c(Cl)cc1NCCOCC(F)F. The highest BCUT2D eigenvalue weighted by molar-refractivity contribution is 6.31. The smallest absolute Gasteiger partial charge is 0.261 e. The second-order valence-corrected chi connectivity index (χ2v) is 3.65. The molecule has 0 saturated heterocycles. The summed E-state index contributed by atoms with van der Waals surface area (Å²) in [5.74, 6) is -0.608. The van der Waals surface area contributed by atoms with Gasteiger partial charge in [-0.1, -0.05) is 11.6 Å². The Kier molecular flexibility index (Phi) is 5.37. The Morgan fingerprint density at radius 1 is 1.41 bits per heavy atom. The highest BCUT2D eigenvalue weighted by atomic mass is 35.5. The molecule has 0 spiro atoms. The van der Waals surface area contributed by atoms with E-state index < -0.39 is 18.8 Å². The molecule has 3 nitrogen and oxygen atoms in total. The second kappa shape index (κ2) is 6.56. The molecule has 1 aromatic carbocycles. The molecule has 0 bridgehead atoms. The molecular weight excluding hydrogens is 257 g/mol. The molecule has 1 aromatic rings. The zero-order valence-electron chi connectivity index (χ0n) is 8.85. The second-order valence-electron chi connectivity index (χ2n) is 3.25. The van der Waals surface area contributed by atoms with Crippen LogP contribution in [0.4, 0.5) is 24.5 Å². The molecule has 0 aliphatic rings. The maximum Gasteiger partial charge on any atom is 0.261 e. The minimum Gasteiger partial charge on any atom is -0.397 e. The number of anilines is 2. The number of hydrogen-bond donors (Lipinski definition) is 2. The number of halogens is 4. The molecular formula is C10H12ClF3N2O. The minimum atomic E-state index is -2.49. The van der Waals surface area contributed by atoms with Crippen molar-refractivity contribution in [3.8, 4) is 0 Å². The van der Waals surface area contributed by atoms with Gasteiger partial charge in [-0.05, 0) is 6.07 Å². The molecule has 0 radical (unpaired) electrons. The molecule has 17 heavy (non-hydrogen) atoms. The van der Waals surface area contributed by atoms with E-state index >= 15 is 0 Å². The Bertz CT molecular complexity index is 377. The fourth-order valence-corrected chi connectivity index (χ4v) is 1.31. The average Bonchev–Trinajstić information content (AvgIpc) is 2.24. The Balaban J connectivity index is 2.39. The van der Waals surface area contributed by atoms with Crippen molar-refractivity contribution < 1.29 is 17.9 Å². The lowest BCUT2D eigenvalue weighted by molar-refractivity contribution is 0.0215. The van der Waals surface area contributed by atoms with Gasteiger partial charge in [-0.2, -0.15) is 0 Å². The maximum absolute atomic E-state index is 12.9. The molecule has 0 saturated carbocycles. The first-order valence-electron chi connectivity index (χ1n) is 4.85. The molecule has 0 aliphatic carbocycles. The number of rotatable bonds is 6. The monoisotopic (exact) mass is 268 g/mol. The van der Waals surface area contributed by atoms with E-state index in [9.17, 15) is 13.2 Å². The van der Waals surface area contributed by atoms with Gasteiger partial charge in [-0.15, -0.1) is 0 Å². The highest BCUT2D eigenvalue weighted by Crippen LogP contribution is 2.25. The molecule has 0 fully saturated rings. The van der Waals surface area contributed by atoms with Crippen LogP contribution in [0.15, 0.2) is 12.1 Å². The summed E-state index contributed by atoms with van der Waals surface area (Å²) in [5, 5.41) is 2.75. The molecule has 0 amide bonds. The van der Waals surface area contributed by atoms with Gasteiger partial charge < -0.3 is 15.8 Å². The van der Waals surface area contributed by atoms with E-state index in [1.165, 1.54) is 6.07 Å². The Morgan fingerprint density at radius 2 is 2.12 bits per heavy atom. The molecule has 7 heteroatoms. The standard InChI is InChI=1S/C10H12ClF3N2O/c11-6-3-9(8(15)4-7(6)12)16-1-2-17-5-10(13)14/h3-4,10,16H,1-2,5,15H2. The van der Waals surface area contributed by atoms with E-state index in [1.54, 1.807) is 0 Å². The number of alkyl halides is 2. The summed E-state index contributed by atoms with van der Waals surface area (Å²) in [6.45, 7) is -0.237. The summed E-state index contributed by atoms with van der Waals surface area (Å²) < 4.78 is 41.0. The van der Waals surface area contributed by atoms with Crippen molar-refractivity contribution in [1.82, 2.24) is 0 Å². The Hall–Kier alpha value is -1.14. The Morgan fingerprint density at radius 3 is 2.76 bits per heavy atom. The van der Waals surface area contributed by atoms with Gasteiger partial charge in [0.2, 0.25) is 0 Å². The van der Waals surface area contributed by atoms with Crippen LogP contribution in [-0.2, 0) is 4.74 Å². The molecule has 0 aliphatic heterocycles. The van der Waals surface area contributed by atoms with Gasteiger partial charge in [0, 0.05) is 12.6 Å². The van der Waals surface area contributed by atoms with Gasteiger partial charge in [-0.3, -0.25) is 0 Å². The summed E-state index contributed by atoms with van der Waals surface area (Å²) in [7, 11) is 0. The average molecular weight is 269 g/mol. The van der Waals surface area contributed by atoms with Crippen LogP contribution >= 0.6 is 11.6 Å². The van der Waals surface area contributed by atoms with Gasteiger partial charge in [-0.25, -0.2) is 13.2 Å². The quantitative estimate of drug-likeness (QED) is 0.616. The van der Waals surface area contributed by atoms with Crippen molar-refractivity contribution >= 4 is 23.0 Å². The number of hydrogen-bond acceptors (Lipinski definition) is 3. The lowest BCUT2D eigenvalue weighted by Gasteiger charge is -2.10. The van der Waals surface area contributed by atoms with Crippen LogP contribution in [0.25, 0.3) is 0 Å². The van der Waals surface area contributed by atoms with Crippen LogP contribution in [0.3, 0.4) is 0 Å². The van der Waals surface area contributed by atoms with Crippen molar-refractivity contribution in [2.75, 3.05) is 30.8 Å². The first kappa shape index (κ1) is 13.9. The van der Waals surface area contributed by atoms with E-state index in [1.807, 2.05) is 0 Å². The van der Waals surface area contributed by atoms with Crippen molar-refractivity contribution in [2.24, 2.45) is 0 Å². The van der Waals surface area contributed by atoms with Gasteiger partial charge in [0.05, 0.1) is 23.0 Å². The fourth-order valence-electron chi connectivity index (χ4n) is 1.15. The summed E-state index contributed by atoms with van der Waals surface area (Å²) >= 11 is 5.57. The van der Waals surface area contributed by atoms with Crippen molar-refractivity contribution in [1.29, 1.82) is 0 Å². The largest absolute Gasteiger partial charge is 0.397 e. The van der Waals surface area contributed by atoms with Gasteiger partial charge in [0.1, 0.15) is 12.4 Å². The zero-order valence-corrected chi connectivity index (χ0v) is 9.61. The molecule has 0 aromatic heterocycles. The lowest BCUT2D eigenvalue weighted by atomic mass is 10.2. The summed E-state index contributed by atoms with van der Waals surface area (Å²) in [6, 6.07) is 2.42. The number of nitrogen functional groups attached to an aromatic ring is 1. The summed E-state index contributed by atoms with van der Waals surface area (Å²) in [5.41, 5.74) is 6.17. The van der Waals surface area contributed by atoms with E-state index in [4.69, 9.17) is 17.3 Å². The van der Waals surface area contributed by atoms with Gasteiger partial charge in [0.15, 0.2) is 0 Å². The van der Waals surface area contributed by atoms with Crippen molar-refractivity contribution in [2.45, 2.75) is 6.43 Å². The van der Waals surface area contributed by atoms with Crippen molar-refractivity contribution in [3.63, 3.8) is 0 Å². The molecule has 0 atom stereocenters. The van der Waals surface area contributed by atoms with E-state index in [0.717, 1.165) is 6.07 Å². The maximum atomic E-state index is 12.9. The number of ether oxygens (including phenoxy) is 1. The fraction of sp³-hybridized carbons (Fsp3) is 0.400. The molecule has 1 rings (SSSR count). The zero-order chi connectivity index (χ0) is 12.8. The normalized spacial score (nSPS) is 10.9. The lowest BCUT2D eigenvalue weighted by Crippen LogP contribution is -2.13. The van der Waals surface area contributed by atoms with Crippen LogP contribution < -0.4 is 11.1 Å². The number of benzene rings is 1. The molecule has 3 N–H and O–H groups in total. The van der Waals surface area contributed by atoms with Crippen LogP contribution in [0.1, 0.15) is 0 Å². The van der Waals surface area contributed by atoms with Crippen LogP contribution in [0.2, 0.25) is 5.02 Å².